The quantitative estimate of drug-likeness (QED) is 0.717. The molecule has 1 aliphatic rings. The van der Waals surface area contributed by atoms with Crippen LogP contribution in [0.1, 0.15) is 46.5 Å². The third kappa shape index (κ3) is 3.97. The number of nitrogens with two attached hydrogens (primary N) is 1. The Labute approximate surface area is 98.5 Å². The third-order valence-corrected chi connectivity index (χ3v) is 3.10. The van der Waals surface area contributed by atoms with Crippen molar-refractivity contribution < 1.29 is 4.79 Å². The summed E-state index contributed by atoms with van der Waals surface area (Å²) >= 11 is 0. The second-order valence-electron chi connectivity index (χ2n) is 5.64. The second kappa shape index (κ2) is 5.48. The van der Waals surface area contributed by atoms with Gasteiger partial charge < -0.3 is 11.1 Å². The predicted octanol–water partition coefficient (Wildman–Crippen LogP) is 1.98. The molecule has 0 unspecified atom stereocenters. The molecule has 0 aliphatic heterocycles. The lowest BCUT2D eigenvalue weighted by Gasteiger charge is -2.25. The van der Waals surface area contributed by atoms with Crippen LogP contribution in [0.4, 0.5) is 0 Å². The van der Waals surface area contributed by atoms with Crippen LogP contribution in [0.15, 0.2) is 11.6 Å². The fourth-order valence-electron chi connectivity index (χ4n) is 1.81. The molecule has 0 spiro atoms. The Balaban J connectivity index is 2.24. The monoisotopic (exact) mass is 224 g/mol. The highest BCUT2D eigenvalue weighted by atomic mass is 16.2. The lowest BCUT2D eigenvalue weighted by molar-refractivity contribution is -0.124. The van der Waals surface area contributed by atoms with Crippen molar-refractivity contribution in [3.05, 3.63) is 11.6 Å². The van der Waals surface area contributed by atoms with Crippen LogP contribution in [-0.2, 0) is 4.79 Å². The summed E-state index contributed by atoms with van der Waals surface area (Å²) < 4.78 is 0. The predicted molar refractivity (Wildman–Crippen MR) is 67.0 cm³/mol. The Morgan fingerprint density at radius 1 is 1.56 bits per heavy atom. The summed E-state index contributed by atoms with van der Waals surface area (Å²) in [4.78, 5) is 11.7. The van der Waals surface area contributed by atoms with E-state index in [4.69, 9.17) is 5.73 Å². The first-order valence-corrected chi connectivity index (χ1v) is 6.12. The van der Waals surface area contributed by atoms with Crippen LogP contribution in [-0.4, -0.2) is 18.5 Å². The van der Waals surface area contributed by atoms with Crippen LogP contribution in [0.25, 0.3) is 0 Å². The van der Waals surface area contributed by atoms with Gasteiger partial charge in [-0.1, -0.05) is 32.4 Å². The zero-order valence-corrected chi connectivity index (χ0v) is 10.7. The van der Waals surface area contributed by atoms with E-state index in [0.717, 1.165) is 6.42 Å². The second-order valence-corrected chi connectivity index (χ2v) is 5.64. The van der Waals surface area contributed by atoms with Crippen LogP contribution in [0, 0.1) is 5.41 Å². The Morgan fingerprint density at radius 3 is 2.75 bits per heavy atom. The van der Waals surface area contributed by atoms with Crippen molar-refractivity contribution in [3.8, 4) is 0 Å². The van der Waals surface area contributed by atoms with Crippen molar-refractivity contribution in [2.75, 3.05) is 6.54 Å². The van der Waals surface area contributed by atoms with E-state index in [1.807, 2.05) is 20.8 Å². The molecule has 0 bridgehead atoms. The minimum atomic E-state index is -0.426. The summed E-state index contributed by atoms with van der Waals surface area (Å²) in [6.45, 7) is 6.67. The molecule has 1 rings (SSSR count). The number of hydrogen-bond donors (Lipinski definition) is 2. The van der Waals surface area contributed by atoms with Gasteiger partial charge in [0, 0.05) is 6.54 Å². The smallest absolute Gasteiger partial charge is 0.237 e. The van der Waals surface area contributed by atoms with Crippen molar-refractivity contribution in [3.63, 3.8) is 0 Å². The maximum atomic E-state index is 11.7. The highest BCUT2D eigenvalue weighted by Crippen LogP contribution is 2.20. The van der Waals surface area contributed by atoms with Gasteiger partial charge in [0.25, 0.3) is 0 Å². The molecule has 3 N–H and O–H groups in total. The lowest BCUT2D eigenvalue weighted by Crippen LogP contribution is -2.48. The number of hydrogen-bond acceptors (Lipinski definition) is 2. The normalized spacial score (nSPS) is 18.1. The molecule has 0 aromatic rings. The van der Waals surface area contributed by atoms with Crippen molar-refractivity contribution in [2.24, 2.45) is 11.1 Å². The minimum absolute atomic E-state index is 0.0360. The van der Waals surface area contributed by atoms with E-state index in [1.54, 1.807) is 0 Å². The number of nitrogens with one attached hydrogen (secondary N) is 1. The van der Waals surface area contributed by atoms with Crippen LogP contribution in [0.2, 0.25) is 0 Å². The van der Waals surface area contributed by atoms with E-state index in [2.05, 4.69) is 11.4 Å². The molecule has 0 fully saturated rings. The van der Waals surface area contributed by atoms with Gasteiger partial charge in [0.05, 0.1) is 6.04 Å². The Kier molecular flexibility index (Phi) is 4.54. The van der Waals surface area contributed by atoms with Gasteiger partial charge in [-0.2, -0.15) is 0 Å². The van der Waals surface area contributed by atoms with Gasteiger partial charge in [0.2, 0.25) is 5.91 Å². The molecule has 1 amide bonds. The first kappa shape index (κ1) is 13.2. The fourth-order valence-corrected chi connectivity index (χ4v) is 1.81. The molecule has 16 heavy (non-hydrogen) atoms. The zero-order chi connectivity index (χ0) is 12.2. The molecule has 92 valence electrons. The lowest BCUT2D eigenvalue weighted by atomic mass is 9.87. The van der Waals surface area contributed by atoms with E-state index in [9.17, 15) is 4.79 Å². The average molecular weight is 224 g/mol. The topological polar surface area (TPSA) is 55.1 Å². The Hall–Kier alpha value is -0.830. The molecule has 1 aliphatic carbocycles. The Morgan fingerprint density at radius 2 is 2.25 bits per heavy atom. The third-order valence-electron chi connectivity index (χ3n) is 3.10. The van der Waals surface area contributed by atoms with Crippen molar-refractivity contribution in [1.29, 1.82) is 0 Å². The van der Waals surface area contributed by atoms with Crippen molar-refractivity contribution >= 4 is 5.91 Å². The number of carbonyl (C=O) groups excluding carboxylic acids is 1. The maximum Gasteiger partial charge on any atom is 0.237 e. The van der Waals surface area contributed by atoms with Gasteiger partial charge in [-0.15, -0.1) is 0 Å². The van der Waals surface area contributed by atoms with Crippen LogP contribution in [0.3, 0.4) is 0 Å². The van der Waals surface area contributed by atoms with E-state index in [0.29, 0.717) is 6.54 Å². The highest BCUT2D eigenvalue weighted by Gasteiger charge is 2.26. The molecule has 1 atom stereocenters. The summed E-state index contributed by atoms with van der Waals surface area (Å²) in [6, 6.07) is -0.426. The molecule has 0 radical (unpaired) electrons. The number of carbonyl (C=O) groups is 1. The van der Waals surface area contributed by atoms with Crippen molar-refractivity contribution in [1.82, 2.24) is 5.32 Å². The largest absolute Gasteiger partial charge is 0.354 e. The van der Waals surface area contributed by atoms with Crippen LogP contribution < -0.4 is 11.1 Å². The molecule has 0 heterocycles. The maximum absolute atomic E-state index is 11.7. The number of amides is 1. The number of allylic oxidation sites excluding steroid dienone is 1. The highest BCUT2D eigenvalue weighted by molar-refractivity contribution is 5.82. The summed E-state index contributed by atoms with van der Waals surface area (Å²) in [5.74, 6) is -0.0360. The Bertz CT molecular complexity index is 276. The van der Waals surface area contributed by atoms with Gasteiger partial charge in [-0.05, 0) is 31.1 Å². The molecule has 0 aromatic heterocycles. The van der Waals surface area contributed by atoms with E-state index >= 15 is 0 Å². The molecular weight excluding hydrogens is 200 g/mol. The number of rotatable bonds is 4. The standard InChI is InChI=1S/C13H24N2O/c1-13(2,3)11(14)12(16)15-9-8-10-6-4-5-7-10/h6,11H,4-5,7-9,14H2,1-3H3,(H,15,16)/t11-/m1/s1. The molecule has 0 aromatic carbocycles. The first-order valence-electron chi connectivity index (χ1n) is 6.12. The summed E-state index contributed by atoms with van der Waals surface area (Å²) in [5, 5.41) is 2.91. The molecule has 0 saturated carbocycles. The summed E-state index contributed by atoms with van der Waals surface area (Å²) in [5.41, 5.74) is 7.17. The molecule has 0 saturated heterocycles. The minimum Gasteiger partial charge on any atom is -0.354 e. The van der Waals surface area contributed by atoms with Gasteiger partial charge in [-0.3, -0.25) is 4.79 Å². The van der Waals surface area contributed by atoms with Crippen LogP contribution in [0.5, 0.6) is 0 Å². The van der Waals surface area contributed by atoms with E-state index < -0.39 is 6.04 Å². The molecular formula is C13H24N2O. The summed E-state index contributed by atoms with van der Waals surface area (Å²) in [7, 11) is 0. The van der Waals surface area contributed by atoms with Crippen LogP contribution >= 0.6 is 0 Å². The van der Waals surface area contributed by atoms with Gasteiger partial charge in [0.1, 0.15) is 0 Å². The van der Waals surface area contributed by atoms with Gasteiger partial charge in [0.15, 0.2) is 0 Å². The zero-order valence-electron chi connectivity index (χ0n) is 10.7. The van der Waals surface area contributed by atoms with Gasteiger partial charge >= 0.3 is 0 Å². The SMILES string of the molecule is CC(C)(C)[C@H](N)C(=O)NCCC1=CCCC1. The molecule has 3 heteroatoms. The molecule has 3 nitrogen and oxygen atoms in total. The average Bonchev–Trinajstić information content (AvgIpc) is 2.67. The van der Waals surface area contributed by atoms with Gasteiger partial charge in [-0.25, -0.2) is 0 Å². The first-order chi connectivity index (χ1) is 7.41. The van der Waals surface area contributed by atoms with E-state index in [-0.39, 0.29) is 11.3 Å². The van der Waals surface area contributed by atoms with E-state index in [1.165, 1.54) is 24.8 Å². The van der Waals surface area contributed by atoms with Crippen molar-refractivity contribution in [2.45, 2.75) is 52.5 Å². The fraction of sp³-hybridized carbons (Fsp3) is 0.769. The summed E-state index contributed by atoms with van der Waals surface area (Å²) in [6.07, 6.45) is 6.93.